The third-order valence-electron chi connectivity index (χ3n) is 2.65. The third-order valence-corrected chi connectivity index (χ3v) is 2.65. The molecular weight excluding hydrogens is 212 g/mol. The summed E-state index contributed by atoms with van der Waals surface area (Å²) in [6, 6.07) is 11.6. The molecule has 3 heteroatoms. The van der Waals surface area contributed by atoms with Crippen molar-refractivity contribution in [2.75, 3.05) is 11.9 Å². The Bertz CT molecular complexity index is 537. The number of rotatable bonds is 3. The molecule has 0 aliphatic rings. The molecule has 17 heavy (non-hydrogen) atoms. The SMILES string of the molecule is Cc1cccc(N(C)c2ncccc2C=O)c1. The van der Waals surface area contributed by atoms with Gasteiger partial charge in [0.2, 0.25) is 0 Å². The Balaban J connectivity index is 2.43. The van der Waals surface area contributed by atoms with Crippen molar-refractivity contribution in [2.24, 2.45) is 0 Å². The van der Waals surface area contributed by atoms with E-state index in [1.54, 1.807) is 18.3 Å². The highest BCUT2D eigenvalue weighted by molar-refractivity contribution is 5.84. The zero-order chi connectivity index (χ0) is 12.3. The van der Waals surface area contributed by atoms with Crippen LogP contribution in [0.5, 0.6) is 0 Å². The van der Waals surface area contributed by atoms with Crippen molar-refractivity contribution in [1.29, 1.82) is 0 Å². The van der Waals surface area contributed by atoms with E-state index in [1.807, 2.05) is 37.1 Å². The molecule has 2 aromatic rings. The Labute approximate surface area is 101 Å². The van der Waals surface area contributed by atoms with Crippen LogP contribution >= 0.6 is 0 Å². The van der Waals surface area contributed by atoms with Gasteiger partial charge < -0.3 is 4.90 Å². The summed E-state index contributed by atoms with van der Waals surface area (Å²) in [6.07, 6.45) is 2.52. The van der Waals surface area contributed by atoms with E-state index in [4.69, 9.17) is 0 Å². The number of aldehydes is 1. The van der Waals surface area contributed by atoms with Gasteiger partial charge in [0.1, 0.15) is 5.82 Å². The van der Waals surface area contributed by atoms with Gasteiger partial charge in [-0.25, -0.2) is 4.98 Å². The molecule has 86 valence electrons. The van der Waals surface area contributed by atoms with Gasteiger partial charge in [-0.15, -0.1) is 0 Å². The summed E-state index contributed by atoms with van der Waals surface area (Å²) in [5.41, 5.74) is 2.79. The topological polar surface area (TPSA) is 33.2 Å². The van der Waals surface area contributed by atoms with Crippen LogP contribution in [0.2, 0.25) is 0 Å². The van der Waals surface area contributed by atoms with Gasteiger partial charge in [-0.05, 0) is 36.8 Å². The lowest BCUT2D eigenvalue weighted by atomic mass is 10.2. The van der Waals surface area contributed by atoms with Crippen molar-refractivity contribution in [3.63, 3.8) is 0 Å². The van der Waals surface area contributed by atoms with Gasteiger partial charge in [0, 0.05) is 18.9 Å². The average molecular weight is 226 g/mol. The molecule has 0 aliphatic heterocycles. The number of hydrogen-bond acceptors (Lipinski definition) is 3. The summed E-state index contributed by atoms with van der Waals surface area (Å²) in [7, 11) is 1.91. The first-order valence-electron chi connectivity index (χ1n) is 5.43. The quantitative estimate of drug-likeness (QED) is 0.754. The fourth-order valence-corrected chi connectivity index (χ4v) is 1.74. The lowest BCUT2D eigenvalue weighted by molar-refractivity contribution is 0.112. The zero-order valence-corrected chi connectivity index (χ0v) is 9.92. The van der Waals surface area contributed by atoms with Crippen molar-refractivity contribution < 1.29 is 4.79 Å². The highest BCUT2D eigenvalue weighted by Crippen LogP contribution is 2.24. The van der Waals surface area contributed by atoms with Gasteiger partial charge in [-0.3, -0.25) is 4.79 Å². The standard InChI is InChI=1S/C14H14N2O/c1-11-5-3-7-13(9-11)16(2)14-12(10-17)6-4-8-15-14/h3-10H,1-2H3. The van der Waals surface area contributed by atoms with E-state index in [2.05, 4.69) is 11.1 Å². The van der Waals surface area contributed by atoms with Crippen LogP contribution in [0.3, 0.4) is 0 Å². The second kappa shape index (κ2) is 4.78. The highest BCUT2D eigenvalue weighted by Gasteiger charge is 2.09. The molecule has 3 nitrogen and oxygen atoms in total. The molecule has 0 bridgehead atoms. The first-order chi connectivity index (χ1) is 8.22. The van der Waals surface area contributed by atoms with Crippen LogP contribution in [-0.2, 0) is 0 Å². The number of anilines is 2. The number of hydrogen-bond donors (Lipinski definition) is 0. The zero-order valence-electron chi connectivity index (χ0n) is 9.92. The fourth-order valence-electron chi connectivity index (χ4n) is 1.74. The normalized spacial score (nSPS) is 10.0. The number of carbonyl (C=O) groups is 1. The van der Waals surface area contributed by atoms with Gasteiger partial charge in [0.05, 0.1) is 5.56 Å². The van der Waals surface area contributed by atoms with E-state index < -0.39 is 0 Å². The van der Waals surface area contributed by atoms with Crippen LogP contribution in [0.15, 0.2) is 42.6 Å². The lowest BCUT2D eigenvalue weighted by Crippen LogP contribution is -2.13. The maximum atomic E-state index is 11.0. The molecule has 0 saturated carbocycles. The first-order valence-corrected chi connectivity index (χ1v) is 5.43. The molecule has 0 saturated heterocycles. The summed E-state index contributed by atoms with van der Waals surface area (Å²) >= 11 is 0. The molecule has 0 amide bonds. The van der Waals surface area contributed by atoms with Crippen LogP contribution in [-0.4, -0.2) is 18.3 Å². The Kier molecular flexibility index (Phi) is 3.19. The van der Waals surface area contributed by atoms with Gasteiger partial charge in [0.15, 0.2) is 6.29 Å². The highest BCUT2D eigenvalue weighted by atomic mass is 16.1. The predicted octanol–water partition coefficient (Wildman–Crippen LogP) is 2.97. The van der Waals surface area contributed by atoms with Crippen LogP contribution in [0.25, 0.3) is 0 Å². The minimum atomic E-state index is 0.594. The van der Waals surface area contributed by atoms with E-state index >= 15 is 0 Å². The minimum Gasteiger partial charge on any atom is -0.329 e. The fraction of sp³-hybridized carbons (Fsp3) is 0.143. The molecular formula is C14H14N2O. The van der Waals surface area contributed by atoms with Crippen molar-refractivity contribution in [2.45, 2.75) is 6.92 Å². The number of benzene rings is 1. The van der Waals surface area contributed by atoms with Gasteiger partial charge in [0.25, 0.3) is 0 Å². The van der Waals surface area contributed by atoms with Crippen LogP contribution in [0.1, 0.15) is 15.9 Å². The molecule has 0 unspecified atom stereocenters. The largest absolute Gasteiger partial charge is 0.329 e. The molecule has 1 heterocycles. The summed E-state index contributed by atoms with van der Waals surface area (Å²) < 4.78 is 0. The molecule has 0 N–H and O–H groups in total. The van der Waals surface area contributed by atoms with E-state index in [0.717, 1.165) is 12.0 Å². The molecule has 0 spiro atoms. The maximum Gasteiger partial charge on any atom is 0.153 e. The molecule has 0 atom stereocenters. The lowest BCUT2D eigenvalue weighted by Gasteiger charge is -2.19. The Hall–Kier alpha value is -2.16. The Morgan fingerprint density at radius 1 is 1.24 bits per heavy atom. The van der Waals surface area contributed by atoms with Gasteiger partial charge in [-0.2, -0.15) is 0 Å². The van der Waals surface area contributed by atoms with Gasteiger partial charge in [-0.1, -0.05) is 12.1 Å². The summed E-state index contributed by atoms with van der Waals surface area (Å²) in [5, 5.41) is 0. The van der Waals surface area contributed by atoms with Crippen LogP contribution in [0.4, 0.5) is 11.5 Å². The molecule has 0 fully saturated rings. The van der Waals surface area contributed by atoms with E-state index in [1.165, 1.54) is 5.56 Å². The predicted molar refractivity (Wildman–Crippen MR) is 68.9 cm³/mol. The maximum absolute atomic E-state index is 11.0. The second-order valence-electron chi connectivity index (χ2n) is 3.93. The molecule has 0 radical (unpaired) electrons. The molecule has 1 aromatic heterocycles. The molecule has 0 aliphatic carbocycles. The van der Waals surface area contributed by atoms with E-state index in [-0.39, 0.29) is 0 Å². The molecule has 1 aromatic carbocycles. The van der Waals surface area contributed by atoms with Gasteiger partial charge >= 0.3 is 0 Å². The Morgan fingerprint density at radius 3 is 2.76 bits per heavy atom. The number of nitrogens with zero attached hydrogens (tertiary/aromatic N) is 2. The van der Waals surface area contributed by atoms with Crippen LogP contribution < -0.4 is 4.90 Å². The number of pyridine rings is 1. The third kappa shape index (κ3) is 2.33. The van der Waals surface area contributed by atoms with Crippen molar-refractivity contribution in [3.05, 3.63) is 53.7 Å². The summed E-state index contributed by atoms with van der Waals surface area (Å²) in [4.78, 5) is 17.1. The number of carbonyl (C=O) groups excluding carboxylic acids is 1. The minimum absolute atomic E-state index is 0.594. The number of aryl methyl sites for hydroxylation is 1. The molecule has 2 rings (SSSR count). The van der Waals surface area contributed by atoms with Crippen molar-refractivity contribution in [3.8, 4) is 0 Å². The first kappa shape index (κ1) is 11.3. The van der Waals surface area contributed by atoms with Crippen LogP contribution in [0, 0.1) is 6.92 Å². The monoisotopic (exact) mass is 226 g/mol. The van der Waals surface area contributed by atoms with Crippen molar-refractivity contribution >= 4 is 17.8 Å². The average Bonchev–Trinajstić information content (AvgIpc) is 2.38. The summed E-state index contributed by atoms with van der Waals surface area (Å²) in [5.74, 6) is 0.674. The smallest absolute Gasteiger partial charge is 0.153 e. The van der Waals surface area contributed by atoms with E-state index in [0.29, 0.717) is 11.4 Å². The number of aromatic nitrogens is 1. The second-order valence-corrected chi connectivity index (χ2v) is 3.93. The van der Waals surface area contributed by atoms with E-state index in [9.17, 15) is 4.79 Å². The Morgan fingerprint density at radius 2 is 2.06 bits per heavy atom. The summed E-state index contributed by atoms with van der Waals surface area (Å²) in [6.45, 7) is 2.04. The van der Waals surface area contributed by atoms with Crippen molar-refractivity contribution in [1.82, 2.24) is 4.98 Å².